The molecule has 8 aliphatic heterocycles. The molecular formula is C88H116N12O12. The first kappa shape index (κ1) is 80.7. The van der Waals surface area contributed by atoms with Gasteiger partial charge in [-0.05, 0) is 223 Å². The Morgan fingerprint density at radius 2 is 0.500 bits per heavy atom. The number of rotatable bonds is 20. The number of methoxy groups -OCH3 is 4. The van der Waals surface area contributed by atoms with Crippen LogP contribution in [0, 0.1) is 75.0 Å². The van der Waals surface area contributed by atoms with Gasteiger partial charge in [0.05, 0.1) is 51.2 Å². The monoisotopic (exact) mass is 1530 g/mol. The van der Waals surface area contributed by atoms with E-state index in [0.29, 0.717) is 147 Å². The molecule has 8 aromatic rings. The van der Waals surface area contributed by atoms with Gasteiger partial charge in [-0.3, -0.25) is 19.6 Å². The van der Waals surface area contributed by atoms with Crippen molar-refractivity contribution in [2.24, 2.45) is 47.3 Å². The van der Waals surface area contributed by atoms with Crippen LogP contribution in [0.25, 0.3) is 0 Å². The smallest absolute Gasteiger partial charge is 0.257 e. The van der Waals surface area contributed by atoms with Crippen LogP contribution in [0.1, 0.15) is 147 Å². The number of hydrogen-bond donors (Lipinski definition) is 0. The third-order valence-corrected chi connectivity index (χ3v) is 23.6. The molecule has 16 rings (SSSR count). The van der Waals surface area contributed by atoms with Gasteiger partial charge in [0.15, 0.2) is 23.0 Å². The highest BCUT2D eigenvalue weighted by atomic mass is 16.6. The van der Waals surface area contributed by atoms with E-state index in [4.69, 9.17) is 76.8 Å². The molecule has 0 bridgehead atoms. The number of aryl methyl sites for hydroxylation is 4. The van der Waals surface area contributed by atoms with Crippen molar-refractivity contribution in [1.82, 2.24) is 59.5 Å². The van der Waals surface area contributed by atoms with Gasteiger partial charge in [-0.2, -0.15) is 0 Å². The molecule has 0 amide bonds. The zero-order chi connectivity index (χ0) is 78.7. The van der Waals surface area contributed by atoms with Gasteiger partial charge in [-0.15, -0.1) is 0 Å². The van der Waals surface area contributed by atoms with Crippen molar-refractivity contribution in [3.05, 3.63) is 165 Å². The first-order valence-corrected chi connectivity index (χ1v) is 40.2. The van der Waals surface area contributed by atoms with Gasteiger partial charge < -0.3 is 56.8 Å². The Morgan fingerprint density at radius 1 is 0.295 bits per heavy atom. The summed E-state index contributed by atoms with van der Waals surface area (Å²) < 4.78 is 66.4. The lowest BCUT2D eigenvalue weighted by Gasteiger charge is -2.25. The molecule has 0 aliphatic carbocycles. The molecule has 8 aliphatic rings. The highest BCUT2D eigenvalue weighted by molar-refractivity contribution is 5.40. The lowest BCUT2D eigenvalue weighted by molar-refractivity contribution is 0.162. The molecule has 600 valence electrons. The maximum atomic E-state index is 5.66. The normalized spacial score (nSPS) is 22.9. The fourth-order valence-corrected chi connectivity index (χ4v) is 17.0. The number of likely N-dealkylation sites (tertiary alicyclic amines) is 4. The Hall–Kier alpha value is -9.36. The maximum absolute atomic E-state index is 5.66. The molecule has 24 nitrogen and oxygen atoms in total. The van der Waals surface area contributed by atoms with Crippen molar-refractivity contribution < 1.29 is 56.8 Å². The molecule has 1 unspecified atom stereocenters. The number of ether oxygens (including phenoxy) is 12. The van der Waals surface area contributed by atoms with Crippen LogP contribution < -0.4 is 56.8 Å². The highest BCUT2D eigenvalue weighted by Gasteiger charge is 2.39. The summed E-state index contributed by atoms with van der Waals surface area (Å²) in [5, 5.41) is 0. The van der Waals surface area contributed by atoms with Gasteiger partial charge in [0, 0.05) is 124 Å². The summed E-state index contributed by atoms with van der Waals surface area (Å²) >= 11 is 0. The Kier molecular flexibility index (Phi) is 26.7. The molecule has 16 heterocycles. The summed E-state index contributed by atoms with van der Waals surface area (Å²) in [7, 11) is 6.70. The van der Waals surface area contributed by atoms with Gasteiger partial charge in [0.1, 0.15) is 52.9 Å². The van der Waals surface area contributed by atoms with Crippen LogP contribution in [-0.4, -0.2) is 193 Å². The van der Waals surface area contributed by atoms with Crippen molar-refractivity contribution in [1.29, 1.82) is 0 Å². The molecular weight excluding hydrogens is 1420 g/mol. The summed E-state index contributed by atoms with van der Waals surface area (Å²) in [6, 6.07) is 34.1. The van der Waals surface area contributed by atoms with Gasteiger partial charge in [-0.25, -0.2) is 39.9 Å². The first-order valence-electron chi connectivity index (χ1n) is 40.2. The summed E-state index contributed by atoms with van der Waals surface area (Å²) in [4.78, 5) is 46.6. The standard InChI is InChI=1S/4C22H29N3O3/c4*1-14-12-25(13-18(14)10-17-9-15(2)23-21(11-17)26-4)16(3)19-5-6-20-22(24-19)28-8-7-27-20/h4*5-6,9,11,14,16,18H,7-8,10,12-13H2,1-4H3/t14-,16?,18-;14-,16+,18-;2*14-,16-,18-/m0010/s1. The molecule has 0 saturated carbocycles. The van der Waals surface area contributed by atoms with Crippen LogP contribution in [0.3, 0.4) is 0 Å². The van der Waals surface area contributed by atoms with Crippen LogP contribution >= 0.6 is 0 Å². The maximum Gasteiger partial charge on any atom is 0.257 e. The minimum Gasteiger partial charge on any atom is -0.484 e. The zero-order valence-electron chi connectivity index (χ0n) is 68.6. The van der Waals surface area contributed by atoms with Crippen molar-refractivity contribution >= 4 is 0 Å². The molecule has 112 heavy (non-hydrogen) atoms. The van der Waals surface area contributed by atoms with E-state index in [1.807, 2.05) is 52.0 Å². The Balaban J connectivity index is 0.000000131. The highest BCUT2D eigenvalue weighted by Crippen LogP contribution is 2.42. The molecule has 12 atom stereocenters. The average molecular weight is 1530 g/mol. The minimum absolute atomic E-state index is 0.247. The summed E-state index contributed by atoms with van der Waals surface area (Å²) in [5.41, 5.74) is 13.4. The molecule has 0 spiro atoms. The van der Waals surface area contributed by atoms with Crippen LogP contribution in [0.5, 0.6) is 70.0 Å². The third-order valence-electron chi connectivity index (χ3n) is 23.6. The van der Waals surface area contributed by atoms with E-state index in [9.17, 15) is 0 Å². The molecule has 0 N–H and O–H groups in total. The first-order chi connectivity index (χ1) is 54.1. The van der Waals surface area contributed by atoms with E-state index in [1.54, 1.807) is 28.4 Å². The number of pyridine rings is 8. The Bertz CT molecular complexity index is 3920. The lowest BCUT2D eigenvalue weighted by Crippen LogP contribution is -2.26. The van der Waals surface area contributed by atoms with Crippen LogP contribution in [0.4, 0.5) is 0 Å². The molecule has 0 aromatic carbocycles. The van der Waals surface area contributed by atoms with E-state index in [2.05, 4.69) is 168 Å². The number of nitrogens with zero attached hydrogens (tertiary/aromatic N) is 12. The molecule has 0 radical (unpaired) electrons. The van der Waals surface area contributed by atoms with E-state index >= 15 is 0 Å². The SMILES string of the molecule is COc1cc(C[C@@H]2CN([C@H](C)c3ccc4c(n3)OCCO4)C[C@H]2C)cc(C)n1.COc1cc(C[C@H]2CN(C(C)c3ccc4c(n3)OCCO4)C[C@@H]2C)cc(C)n1.COc1cc(C[C@H]2CN([C@@H](C)c3ccc4c(n3)OCCO4)C[C@@H]2C)cc(C)n1.COc1cc(C[C@H]2CN([C@H](C)c3ccc4c(n3)OCCO4)C[C@@H]2C)cc(C)n1. The van der Waals surface area contributed by atoms with Crippen molar-refractivity contribution in [2.75, 3.05) is 134 Å². The second-order valence-electron chi connectivity index (χ2n) is 31.9. The fraction of sp³-hybridized carbons (Fsp3) is 0.545. The number of fused-ring (bicyclic) bond motifs is 4. The lowest BCUT2D eigenvalue weighted by atomic mass is 9.91. The minimum atomic E-state index is 0.247. The summed E-state index contributed by atoms with van der Waals surface area (Å²) in [5.74, 6) is 13.2. The number of aromatic nitrogens is 8. The molecule has 8 aromatic heterocycles. The van der Waals surface area contributed by atoms with Gasteiger partial charge in [-0.1, -0.05) is 27.7 Å². The van der Waals surface area contributed by atoms with Crippen LogP contribution in [-0.2, 0) is 25.7 Å². The molecule has 4 fully saturated rings. The van der Waals surface area contributed by atoms with Crippen LogP contribution in [0.15, 0.2) is 97.1 Å². The second-order valence-corrected chi connectivity index (χ2v) is 31.9. The molecule has 4 saturated heterocycles. The van der Waals surface area contributed by atoms with Gasteiger partial charge in [0.2, 0.25) is 23.5 Å². The Morgan fingerprint density at radius 3 is 0.705 bits per heavy atom. The fourth-order valence-electron chi connectivity index (χ4n) is 17.0. The van der Waals surface area contributed by atoms with Gasteiger partial charge in [0.25, 0.3) is 23.5 Å². The quantitative estimate of drug-likeness (QED) is 0.0691. The third kappa shape index (κ3) is 20.2. The van der Waals surface area contributed by atoms with Crippen molar-refractivity contribution in [3.8, 4) is 70.0 Å². The van der Waals surface area contributed by atoms with Crippen molar-refractivity contribution in [3.63, 3.8) is 0 Å². The topological polar surface area (TPSA) is 227 Å². The second kappa shape index (κ2) is 37.1. The van der Waals surface area contributed by atoms with E-state index < -0.39 is 0 Å². The van der Waals surface area contributed by atoms with E-state index in [-0.39, 0.29) is 24.2 Å². The van der Waals surface area contributed by atoms with Crippen LogP contribution in [0.2, 0.25) is 0 Å². The summed E-state index contributed by atoms with van der Waals surface area (Å²) in [6.07, 6.45) is 4.16. The average Bonchev–Trinajstić information content (AvgIpc) is 1.62. The summed E-state index contributed by atoms with van der Waals surface area (Å²) in [6.45, 7) is 39.5. The molecule has 24 heteroatoms. The number of hydrogen-bond acceptors (Lipinski definition) is 24. The largest absolute Gasteiger partial charge is 0.484 e. The Labute approximate surface area is 661 Å². The van der Waals surface area contributed by atoms with E-state index in [1.165, 1.54) is 22.3 Å². The zero-order valence-corrected chi connectivity index (χ0v) is 68.6. The predicted molar refractivity (Wildman–Crippen MR) is 428 cm³/mol. The van der Waals surface area contributed by atoms with Gasteiger partial charge >= 0.3 is 0 Å². The van der Waals surface area contributed by atoms with Crippen molar-refractivity contribution in [2.45, 2.75) is 133 Å². The van der Waals surface area contributed by atoms with E-state index in [0.717, 1.165) is 147 Å². The predicted octanol–water partition coefficient (Wildman–Crippen LogP) is 13.7.